The molecule has 31 heavy (non-hydrogen) atoms. The van der Waals surface area contributed by atoms with E-state index >= 15 is 0 Å². The van der Waals surface area contributed by atoms with E-state index in [1.807, 2.05) is 36.4 Å². The molecule has 0 spiro atoms. The lowest BCUT2D eigenvalue weighted by atomic mass is 10.1. The van der Waals surface area contributed by atoms with Gasteiger partial charge in [-0.3, -0.25) is 9.59 Å². The molecule has 0 radical (unpaired) electrons. The molecule has 0 aromatic heterocycles. The Balaban J connectivity index is 1.43. The van der Waals surface area contributed by atoms with Gasteiger partial charge in [-0.2, -0.15) is 0 Å². The molecular formula is C23H21ClN2O5. The maximum atomic E-state index is 12.2. The summed E-state index contributed by atoms with van der Waals surface area (Å²) in [6.45, 7) is -1.04. The second-order valence-corrected chi connectivity index (χ2v) is 7.11. The fourth-order valence-corrected chi connectivity index (χ4v) is 2.99. The van der Waals surface area contributed by atoms with E-state index in [-0.39, 0.29) is 13.2 Å². The molecule has 0 bridgehead atoms. The summed E-state index contributed by atoms with van der Waals surface area (Å²) in [5, 5.41) is 4.87. The lowest BCUT2D eigenvalue weighted by molar-refractivity contribution is -0.153. The third-order valence-electron chi connectivity index (χ3n) is 4.41. The molecule has 3 aromatic carbocycles. The molecule has 3 aromatic rings. The Morgan fingerprint density at radius 1 is 0.935 bits per heavy atom. The standard InChI is InChI=1S/C23H21ClN2O5/c1-26(13-21(27)25-19-11-5-4-10-18(19)24)22(28)14-31-23(29)15-30-20-12-6-8-16-7-2-3-9-17(16)20/h2-12H,13-15H2,1H3,(H,25,27). The Kier molecular flexibility index (Phi) is 7.45. The van der Waals surface area contributed by atoms with Crippen molar-refractivity contribution in [3.8, 4) is 5.75 Å². The van der Waals surface area contributed by atoms with Crippen LogP contribution in [0.2, 0.25) is 5.02 Å². The fourth-order valence-electron chi connectivity index (χ4n) is 2.81. The zero-order chi connectivity index (χ0) is 22.2. The summed E-state index contributed by atoms with van der Waals surface area (Å²) < 4.78 is 10.5. The molecule has 0 aliphatic rings. The average molecular weight is 441 g/mol. The number of hydrogen-bond acceptors (Lipinski definition) is 5. The molecule has 160 valence electrons. The lowest BCUT2D eigenvalue weighted by Crippen LogP contribution is -2.37. The number of carbonyl (C=O) groups excluding carboxylic acids is 3. The van der Waals surface area contributed by atoms with Gasteiger partial charge < -0.3 is 19.7 Å². The van der Waals surface area contributed by atoms with Crippen LogP contribution in [-0.4, -0.2) is 49.5 Å². The zero-order valence-electron chi connectivity index (χ0n) is 16.8. The Bertz CT molecular complexity index is 1100. The van der Waals surface area contributed by atoms with Crippen LogP contribution >= 0.6 is 11.6 Å². The number of nitrogens with one attached hydrogen (secondary N) is 1. The third-order valence-corrected chi connectivity index (χ3v) is 4.74. The van der Waals surface area contributed by atoms with Crippen molar-refractivity contribution in [2.45, 2.75) is 0 Å². The number of fused-ring (bicyclic) bond motifs is 1. The highest BCUT2D eigenvalue weighted by Gasteiger charge is 2.16. The smallest absolute Gasteiger partial charge is 0.344 e. The van der Waals surface area contributed by atoms with Gasteiger partial charge in [-0.15, -0.1) is 0 Å². The molecule has 7 nitrogen and oxygen atoms in total. The van der Waals surface area contributed by atoms with Crippen molar-refractivity contribution >= 4 is 45.8 Å². The summed E-state index contributed by atoms with van der Waals surface area (Å²) in [5.41, 5.74) is 0.451. The first-order valence-corrected chi connectivity index (χ1v) is 9.86. The molecule has 0 saturated carbocycles. The van der Waals surface area contributed by atoms with Crippen molar-refractivity contribution in [3.05, 3.63) is 71.8 Å². The zero-order valence-corrected chi connectivity index (χ0v) is 17.6. The monoisotopic (exact) mass is 440 g/mol. The van der Waals surface area contributed by atoms with Gasteiger partial charge in [-0.25, -0.2) is 4.79 Å². The fraction of sp³-hybridized carbons (Fsp3) is 0.174. The molecule has 0 aliphatic heterocycles. The number of para-hydroxylation sites is 1. The average Bonchev–Trinajstić information content (AvgIpc) is 2.77. The third kappa shape index (κ3) is 6.20. The summed E-state index contributed by atoms with van der Waals surface area (Å²) in [5.74, 6) is -1.08. The minimum atomic E-state index is -0.685. The summed E-state index contributed by atoms with van der Waals surface area (Å²) in [4.78, 5) is 37.4. The van der Waals surface area contributed by atoms with Gasteiger partial charge in [0.05, 0.1) is 17.3 Å². The van der Waals surface area contributed by atoms with E-state index in [1.165, 1.54) is 7.05 Å². The number of benzene rings is 3. The molecule has 2 amide bonds. The molecule has 0 aliphatic carbocycles. The van der Waals surface area contributed by atoms with Crippen molar-refractivity contribution in [2.24, 2.45) is 0 Å². The lowest BCUT2D eigenvalue weighted by Gasteiger charge is -2.17. The predicted molar refractivity (Wildman–Crippen MR) is 118 cm³/mol. The van der Waals surface area contributed by atoms with Crippen LogP contribution in [0.5, 0.6) is 5.75 Å². The van der Waals surface area contributed by atoms with Crippen LogP contribution in [0.25, 0.3) is 10.8 Å². The minimum absolute atomic E-state index is 0.214. The van der Waals surface area contributed by atoms with Gasteiger partial charge in [0.1, 0.15) is 5.75 Å². The molecule has 0 heterocycles. The quantitative estimate of drug-likeness (QED) is 0.542. The van der Waals surface area contributed by atoms with Crippen molar-refractivity contribution in [2.75, 3.05) is 32.1 Å². The van der Waals surface area contributed by atoms with Crippen LogP contribution in [-0.2, 0) is 19.1 Å². The molecule has 1 N–H and O–H groups in total. The molecule has 3 rings (SSSR count). The topological polar surface area (TPSA) is 84.9 Å². The van der Waals surface area contributed by atoms with Crippen LogP contribution in [0, 0.1) is 0 Å². The summed E-state index contributed by atoms with van der Waals surface area (Å²) in [6, 6.07) is 19.9. The van der Waals surface area contributed by atoms with Crippen LogP contribution in [0.4, 0.5) is 5.69 Å². The van der Waals surface area contributed by atoms with E-state index in [0.717, 1.165) is 15.7 Å². The van der Waals surface area contributed by atoms with Gasteiger partial charge >= 0.3 is 5.97 Å². The van der Waals surface area contributed by atoms with Crippen molar-refractivity contribution < 1.29 is 23.9 Å². The Labute approximate surface area is 184 Å². The summed E-state index contributed by atoms with van der Waals surface area (Å²) >= 11 is 5.99. The highest BCUT2D eigenvalue weighted by molar-refractivity contribution is 6.33. The number of nitrogens with zero attached hydrogens (tertiary/aromatic N) is 1. The number of likely N-dealkylation sites (N-methyl/N-ethyl adjacent to an activating group) is 1. The first-order chi connectivity index (χ1) is 14.9. The number of carbonyl (C=O) groups is 3. The van der Waals surface area contributed by atoms with Crippen molar-refractivity contribution in [1.29, 1.82) is 0 Å². The van der Waals surface area contributed by atoms with Gasteiger partial charge in [0.15, 0.2) is 13.2 Å². The van der Waals surface area contributed by atoms with E-state index in [2.05, 4.69) is 5.32 Å². The second-order valence-electron chi connectivity index (χ2n) is 6.70. The molecule has 0 saturated heterocycles. The molecular weight excluding hydrogens is 420 g/mol. The van der Waals surface area contributed by atoms with Crippen LogP contribution in [0.3, 0.4) is 0 Å². The summed E-state index contributed by atoms with van der Waals surface area (Å²) in [6.07, 6.45) is 0. The number of rotatable bonds is 8. The normalized spacial score (nSPS) is 10.4. The number of hydrogen-bond donors (Lipinski definition) is 1. The molecule has 0 atom stereocenters. The number of halogens is 1. The number of amides is 2. The van der Waals surface area contributed by atoms with E-state index in [9.17, 15) is 14.4 Å². The number of anilines is 1. The Morgan fingerprint density at radius 2 is 1.65 bits per heavy atom. The first kappa shape index (κ1) is 22.1. The van der Waals surface area contributed by atoms with Crippen molar-refractivity contribution in [1.82, 2.24) is 4.90 Å². The van der Waals surface area contributed by atoms with Crippen LogP contribution in [0.15, 0.2) is 66.7 Å². The van der Waals surface area contributed by atoms with Crippen LogP contribution < -0.4 is 10.1 Å². The predicted octanol–water partition coefficient (Wildman–Crippen LogP) is 3.51. The van der Waals surface area contributed by atoms with Gasteiger partial charge in [0.2, 0.25) is 5.91 Å². The second kappa shape index (κ2) is 10.4. The first-order valence-electron chi connectivity index (χ1n) is 9.48. The molecule has 8 heteroatoms. The number of esters is 1. The maximum Gasteiger partial charge on any atom is 0.344 e. The highest BCUT2D eigenvalue weighted by Crippen LogP contribution is 2.25. The molecule has 0 fully saturated rings. The van der Waals surface area contributed by atoms with E-state index < -0.39 is 24.4 Å². The SMILES string of the molecule is CN(CC(=O)Nc1ccccc1Cl)C(=O)COC(=O)COc1cccc2ccccc12. The maximum absolute atomic E-state index is 12.2. The van der Waals surface area contributed by atoms with Crippen molar-refractivity contribution in [3.63, 3.8) is 0 Å². The van der Waals surface area contributed by atoms with Gasteiger partial charge in [-0.05, 0) is 23.6 Å². The van der Waals surface area contributed by atoms with Gasteiger partial charge in [-0.1, -0.05) is 60.1 Å². The highest BCUT2D eigenvalue weighted by atomic mass is 35.5. The van der Waals surface area contributed by atoms with Gasteiger partial charge in [0, 0.05) is 12.4 Å². The number of ether oxygens (including phenoxy) is 2. The Morgan fingerprint density at radius 3 is 2.45 bits per heavy atom. The van der Waals surface area contributed by atoms with E-state index in [0.29, 0.717) is 16.5 Å². The minimum Gasteiger partial charge on any atom is -0.481 e. The Hall–Kier alpha value is -3.58. The molecule has 0 unspecified atom stereocenters. The van der Waals surface area contributed by atoms with Gasteiger partial charge in [0.25, 0.3) is 5.91 Å². The summed E-state index contributed by atoms with van der Waals surface area (Å²) in [7, 11) is 1.44. The largest absolute Gasteiger partial charge is 0.481 e. The van der Waals surface area contributed by atoms with E-state index in [4.69, 9.17) is 21.1 Å². The van der Waals surface area contributed by atoms with E-state index in [1.54, 1.807) is 30.3 Å². The van der Waals surface area contributed by atoms with Crippen LogP contribution in [0.1, 0.15) is 0 Å².